The van der Waals surface area contributed by atoms with Crippen LogP contribution in [0.15, 0.2) is 0 Å². The van der Waals surface area contributed by atoms with E-state index in [0.717, 1.165) is 19.3 Å². The second-order valence-electron chi connectivity index (χ2n) is 8.20. The van der Waals surface area contributed by atoms with E-state index in [2.05, 4.69) is 31.0 Å². The summed E-state index contributed by atoms with van der Waals surface area (Å²) >= 11 is 0. The molecule has 3 unspecified atom stereocenters. The van der Waals surface area contributed by atoms with Crippen molar-refractivity contribution in [3.05, 3.63) is 11.6 Å². The Morgan fingerprint density at radius 1 is 1.25 bits per heavy atom. The van der Waals surface area contributed by atoms with E-state index in [0.29, 0.717) is 17.6 Å². The summed E-state index contributed by atoms with van der Waals surface area (Å²) in [5.41, 5.74) is 0.114. The molecule has 1 aliphatic carbocycles. The van der Waals surface area contributed by atoms with Crippen molar-refractivity contribution in [1.29, 1.82) is 0 Å². The number of fused-ring (bicyclic) bond motifs is 1. The molecule has 0 radical (unpaired) electrons. The number of carboxylic acid groups (broad SMARTS) is 1. The van der Waals surface area contributed by atoms with Crippen LogP contribution in [0.1, 0.15) is 51.7 Å². The number of aryl methyl sites for hydroxylation is 1. The topological polar surface area (TPSA) is 88.3 Å². The molecule has 7 nitrogen and oxygen atoms in total. The van der Waals surface area contributed by atoms with E-state index in [1.54, 1.807) is 11.5 Å². The fourth-order valence-electron chi connectivity index (χ4n) is 4.52. The summed E-state index contributed by atoms with van der Waals surface area (Å²) in [6.45, 7) is 8.80. The van der Waals surface area contributed by atoms with E-state index in [1.165, 1.54) is 4.90 Å². The lowest BCUT2D eigenvalue weighted by Crippen LogP contribution is -2.53. The van der Waals surface area contributed by atoms with Gasteiger partial charge in [-0.1, -0.05) is 20.8 Å². The van der Waals surface area contributed by atoms with Crippen molar-refractivity contribution < 1.29 is 14.7 Å². The number of nitrogens with zero attached hydrogens (tertiary/aromatic N) is 4. The summed E-state index contributed by atoms with van der Waals surface area (Å²) in [5, 5.41) is 17.7. The number of aromatic nitrogens is 3. The first-order chi connectivity index (χ1) is 11.2. The molecule has 3 rings (SSSR count). The molecule has 1 aliphatic heterocycles. The van der Waals surface area contributed by atoms with Crippen molar-refractivity contribution >= 4 is 11.9 Å². The Hall–Kier alpha value is -1.92. The molecule has 1 N–H and O–H groups in total. The molecule has 3 atom stereocenters. The first kappa shape index (κ1) is 16.9. The van der Waals surface area contributed by atoms with Crippen LogP contribution in [-0.2, 0) is 22.7 Å². The third-order valence-electron chi connectivity index (χ3n) is 5.36. The molecule has 1 amide bonds. The standard InChI is InChI=1S/C17H26N4O3/c1-10-5-12(7-17(3,4)6-10)15(22)21-9-14-19-18-11(2)20(14)8-13(21)16(23)24/h10,12-13H,5-9H2,1-4H3,(H,23,24). The largest absolute Gasteiger partial charge is 0.480 e. The molecule has 0 aromatic carbocycles. The van der Waals surface area contributed by atoms with Crippen LogP contribution >= 0.6 is 0 Å². The third-order valence-corrected chi connectivity index (χ3v) is 5.36. The van der Waals surface area contributed by atoms with Gasteiger partial charge in [-0.3, -0.25) is 4.79 Å². The number of aliphatic carboxylic acids is 1. The highest BCUT2D eigenvalue weighted by Crippen LogP contribution is 2.42. The Morgan fingerprint density at radius 2 is 1.96 bits per heavy atom. The molecule has 1 aromatic heterocycles. The van der Waals surface area contributed by atoms with E-state index >= 15 is 0 Å². The molecule has 132 valence electrons. The summed E-state index contributed by atoms with van der Waals surface area (Å²) in [7, 11) is 0. The number of carboxylic acids is 1. The predicted molar refractivity (Wildman–Crippen MR) is 87.0 cm³/mol. The van der Waals surface area contributed by atoms with Gasteiger partial charge < -0.3 is 14.6 Å². The van der Waals surface area contributed by atoms with E-state index in [1.807, 2.05) is 0 Å². The van der Waals surface area contributed by atoms with Crippen molar-refractivity contribution in [3.63, 3.8) is 0 Å². The minimum Gasteiger partial charge on any atom is -0.480 e. The lowest BCUT2D eigenvalue weighted by Gasteiger charge is -2.42. The van der Waals surface area contributed by atoms with Crippen LogP contribution < -0.4 is 0 Å². The molecule has 2 heterocycles. The zero-order valence-corrected chi connectivity index (χ0v) is 14.8. The Kier molecular flexibility index (Phi) is 4.13. The van der Waals surface area contributed by atoms with E-state index < -0.39 is 12.0 Å². The fourth-order valence-corrected chi connectivity index (χ4v) is 4.52. The molecule has 24 heavy (non-hydrogen) atoms. The van der Waals surface area contributed by atoms with Crippen LogP contribution in [0.2, 0.25) is 0 Å². The van der Waals surface area contributed by atoms with Gasteiger partial charge in [0.1, 0.15) is 11.9 Å². The van der Waals surface area contributed by atoms with Gasteiger partial charge in [-0.05, 0) is 37.5 Å². The maximum Gasteiger partial charge on any atom is 0.328 e. The highest BCUT2D eigenvalue weighted by molar-refractivity contribution is 5.85. The van der Waals surface area contributed by atoms with E-state index in [9.17, 15) is 14.7 Å². The Morgan fingerprint density at radius 3 is 2.58 bits per heavy atom. The Bertz CT molecular complexity index is 667. The second kappa shape index (κ2) is 5.86. The lowest BCUT2D eigenvalue weighted by atomic mass is 9.67. The Balaban J connectivity index is 1.86. The maximum absolute atomic E-state index is 13.1. The van der Waals surface area contributed by atoms with E-state index in [4.69, 9.17) is 0 Å². The second-order valence-corrected chi connectivity index (χ2v) is 8.20. The van der Waals surface area contributed by atoms with Gasteiger partial charge in [-0.2, -0.15) is 0 Å². The van der Waals surface area contributed by atoms with Gasteiger partial charge in [0, 0.05) is 5.92 Å². The first-order valence-corrected chi connectivity index (χ1v) is 8.60. The number of rotatable bonds is 2. The molecule has 0 bridgehead atoms. The number of amides is 1. The van der Waals surface area contributed by atoms with Gasteiger partial charge in [0.05, 0.1) is 13.1 Å². The summed E-state index contributed by atoms with van der Waals surface area (Å²) in [6.07, 6.45) is 2.74. The van der Waals surface area contributed by atoms with Crippen molar-refractivity contribution in [2.24, 2.45) is 17.3 Å². The van der Waals surface area contributed by atoms with Crippen LogP contribution in [0.25, 0.3) is 0 Å². The van der Waals surface area contributed by atoms with Crippen molar-refractivity contribution in [1.82, 2.24) is 19.7 Å². The first-order valence-electron chi connectivity index (χ1n) is 8.60. The highest BCUT2D eigenvalue weighted by atomic mass is 16.4. The summed E-state index contributed by atoms with van der Waals surface area (Å²) in [5.74, 6) is 0.708. The van der Waals surface area contributed by atoms with Crippen LogP contribution in [0, 0.1) is 24.2 Å². The predicted octanol–water partition coefficient (Wildman–Crippen LogP) is 1.84. The summed E-state index contributed by atoms with van der Waals surface area (Å²) in [6, 6.07) is -0.847. The van der Waals surface area contributed by atoms with Gasteiger partial charge in [-0.25, -0.2) is 4.79 Å². The fraction of sp³-hybridized carbons (Fsp3) is 0.765. The average molecular weight is 334 g/mol. The minimum absolute atomic E-state index is 0.0473. The summed E-state index contributed by atoms with van der Waals surface area (Å²) < 4.78 is 1.80. The van der Waals surface area contributed by atoms with Crippen molar-refractivity contribution in [2.75, 3.05) is 0 Å². The molecule has 1 aromatic rings. The third kappa shape index (κ3) is 3.03. The smallest absolute Gasteiger partial charge is 0.328 e. The van der Waals surface area contributed by atoms with Gasteiger partial charge in [0.25, 0.3) is 0 Å². The summed E-state index contributed by atoms with van der Waals surface area (Å²) in [4.78, 5) is 26.4. The van der Waals surface area contributed by atoms with Gasteiger partial charge >= 0.3 is 5.97 Å². The number of hydrogen-bond donors (Lipinski definition) is 1. The molecular weight excluding hydrogens is 308 g/mol. The maximum atomic E-state index is 13.1. The normalized spacial score (nSPS) is 29.2. The van der Waals surface area contributed by atoms with Crippen LogP contribution in [0.3, 0.4) is 0 Å². The molecule has 1 saturated carbocycles. The zero-order chi connectivity index (χ0) is 17.6. The quantitative estimate of drug-likeness (QED) is 0.891. The van der Waals surface area contributed by atoms with Gasteiger partial charge in [0.15, 0.2) is 5.82 Å². The molecule has 2 aliphatic rings. The van der Waals surface area contributed by atoms with Gasteiger partial charge in [0.2, 0.25) is 5.91 Å². The molecule has 1 fully saturated rings. The van der Waals surface area contributed by atoms with Crippen molar-refractivity contribution in [3.8, 4) is 0 Å². The van der Waals surface area contributed by atoms with Crippen LogP contribution in [-0.4, -0.2) is 42.7 Å². The Labute approximate surface area is 142 Å². The lowest BCUT2D eigenvalue weighted by molar-refractivity contribution is -0.156. The monoisotopic (exact) mass is 334 g/mol. The van der Waals surface area contributed by atoms with E-state index in [-0.39, 0.29) is 30.3 Å². The minimum atomic E-state index is -0.967. The number of carbonyl (C=O) groups excluding carboxylic acids is 1. The van der Waals surface area contributed by atoms with Gasteiger partial charge in [-0.15, -0.1) is 10.2 Å². The number of carbonyl (C=O) groups is 2. The average Bonchev–Trinajstić information content (AvgIpc) is 2.84. The van der Waals surface area contributed by atoms with Crippen LogP contribution in [0.5, 0.6) is 0 Å². The molecule has 7 heteroatoms. The van der Waals surface area contributed by atoms with Crippen molar-refractivity contribution in [2.45, 2.75) is 66.1 Å². The molecular formula is C17H26N4O3. The zero-order valence-electron chi connectivity index (χ0n) is 14.8. The number of hydrogen-bond acceptors (Lipinski definition) is 4. The highest BCUT2D eigenvalue weighted by Gasteiger charge is 2.42. The SMILES string of the molecule is Cc1nnc2n1CC(C(=O)O)N(C(=O)C1CC(C)CC(C)(C)C1)C2. The van der Waals surface area contributed by atoms with Crippen LogP contribution in [0.4, 0.5) is 0 Å². The molecule has 0 spiro atoms. The molecule has 0 saturated heterocycles.